The van der Waals surface area contributed by atoms with Gasteiger partial charge in [-0.3, -0.25) is 0 Å². The molecule has 0 aliphatic carbocycles. The molecule has 3 aliphatic rings. The van der Waals surface area contributed by atoms with Gasteiger partial charge in [0.15, 0.2) is 0 Å². The van der Waals surface area contributed by atoms with Crippen molar-refractivity contribution in [2.75, 3.05) is 79.1 Å². The summed E-state index contributed by atoms with van der Waals surface area (Å²) in [7, 11) is 1.75. The maximum absolute atomic E-state index is 5.57. The minimum atomic E-state index is 0.225. The lowest BCUT2D eigenvalue weighted by Crippen LogP contribution is -2.47. The highest BCUT2D eigenvalue weighted by atomic mass is 32.1. The van der Waals surface area contributed by atoms with Gasteiger partial charge >= 0.3 is 0 Å². The van der Waals surface area contributed by atoms with Gasteiger partial charge in [0.2, 0.25) is 5.95 Å². The number of piperazine rings is 1. The predicted molar refractivity (Wildman–Crippen MR) is 158 cm³/mol. The molecule has 1 aromatic heterocycles. The lowest BCUT2D eigenvalue weighted by molar-refractivity contribution is 0.414. The van der Waals surface area contributed by atoms with Crippen molar-refractivity contribution in [2.24, 2.45) is 0 Å². The van der Waals surface area contributed by atoms with E-state index >= 15 is 0 Å². The molecular formula is C29H44N6OS. The first-order valence-electron chi connectivity index (χ1n) is 14.4. The van der Waals surface area contributed by atoms with Crippen molar-refractivity contribution in [1.82, 2.24) is 9.97 Å². The minimum Gasteiger partial charge on any atom is -0.497 e. The van der Waals surface area contributed by atoms with E-state index in [0.717, 1.165) is 82.1 Å². The first-order chi connectivity index (χ1) is 18.2. The quantitative estimate of drug-likeness (QED) is 0.322. The van der Waals surface area contributed by atoms with Crippen LogP contribution < -0.4 is 24.3 Å². The second kappa shape index (κ2) is 12.5. The van der Waals surface area contributed by atoms with Crippen LogP contribution in [-0.2, 0) is 0 Å². The maximum atomic E-state index is 5.57. The van der Waals surface area contributed by atoms with Gasteiger partial charge in [0.25, 0.3) is 0 Å². The summed E-state index contributed by atoms with van der Waals surface area (Å²) in [6.07, 6.45) is 9.78. The SMILES string of the molecule is CCCCCC(S)c1cc(OC)ccc1N1CCN(c2cc(N3CCCC3)nc(N3CCCC3)n2)CC1. The molecule has 3 aliphatic heterocycles. The van der Waals surface area contributed by atoms with Gasteiger partial charge in [-0.05, 0) is 55.9 Å². The Balaban J connectivity index is 1.32. The number of thiol groups is 1. The molecular weight excluding hydrogens is 480 g/mol. The monoisotopic (exact) mass is 524 g/mol. The molecule has 202 valence electrons. The normalized spacial score (nSPS) is 19.1. The van der Waals surface area contributed by atoms with Crippen molar-refractivity contribution in [2.45, 2.75) is 63.5 Å². The molecule has 2 aromatic rings. The maximum Gasteiger partial charge on any atom is 0.229 e. The van der Waals surface area contributed by atoms with Gasteiger partial charge in [0.05, 0.1) is 7.11 Å². The van der Waals surface area contributed by atoms with Crippen LogP contribution in [0, 0.1) is 0 Å². The van der Waals surface area contributed by atoms with Gasteiger partial charge in [-0.2, -0.15) is 22.6 Å². The Morgan fingerprint density at radius 3 is 2.00 bits per heavy atom. The van der Waals surface area contributed by atoms with E-state index in [0.29, 0.717) is 0 Å². The average Bonchev–Trinajstić information content (AvgIpc) is 3.68. The third-order valence-electron chi connectivity index (χ3n) is 8.13. The number of ether oxygens (including phenoxy) is 1. The third kappa shape index (κ3) is 6.21. The fourth-order valence-corrected chi connectivity index (χ4v) is 6.26. The van der Waals surface area contributed by atoms with E-state index in [1.54, 1.807) is 7.11 Å². The van der Waals surface area contributed by atoms with Crippen LogP contribution in [0.3, 0.4) is 0 Å². The first-order valence-corrected chi connectivity index (χ1v) is 14.9. The molecule has 1 atom stereocenters. The number of rotatable bonds is 10. The number of anilines is 4. The topological polar surface area (TPSA) is 48.0 Å². The number of nitrogens with zero attached hydrogens (tertiary/aromatic N) is 6. The van der Waals surface area contributed by atoms with E-state index in [1.165, 1.54) is 56.2 Å². The van der Waals surface area contributed by atoms with Gasteiger partial charge in [0.1, 0.15) is 17.4 Å². The summed E-state index contributed by atoms with van der Waals surface area (Å²) in [6, 6.07) is 8.75. The Bertz CT molecular complexity index is 981. The van der Waals surface area contributed by atoms with Crippen LogP contribution >= 0.6 is 12.6 Å². The fraction of sp³-hybridized carbons (Fsp3) is 0.655. The molecule has 3 fully saturated rings. The van der Waals surface area contributed by atoms with Crippen LogP contribution in [0.5, 0.6) is 5.75 Å². The fourth-order valence-electron chi connectivity index (χ4n) is 5.87. The van der Waals surface area contributed by atoms with E-state index in [1.807, 2.05) is 0 Å². The highest BCUT2D eigenvalue weighted by Gasteiger charge is 2.26. The summed E-state index contributed by atoms with van der Waals surface area (Å²) in [6.45, 7) is 10.4. The molecule has 0 amide bonds. The summed E-state index contributed by atoms with van der Waals surface area (Å²) in [5, 5.41) is 0.225. The molecule has 1 unspecified atom stereocenters. The Morgan fingerprint density at radius 2 is 1.38 bits per heavy atom. The van der Waals surface area contributed by atoms with Crippen molar-refractivity contribution >= 4 is 35.9 Å². The first kappa shape index (κ1) is 26.3. The number of methoxy groups -OCH3 is 1. The predicted octanol–water partition coefficient (Wildman–Crippen LogP) is 5.56. The third-order valence-corrected chi connectivity index (χ3v) is 8.66. The number of unbranched alkanes of at least 4 members (excludes halogenated alkanes) is 2. The largest absolute Gasteiger partial charge is 0.497 e. The van der Waals surface area contributed by atoms with Gasteiger partial charge in [0, 0.05) is 69.4 Å². The van der Waals surface area contributed by atoms with Crippen molar-refractivity contribution in [3.63, 3.8) is 0 Å². The molecule has 37 heavy (non-hydrogen) atoms. The number of aromatic nitrogens is 2. The average molecular weight is 525 g/mol. The molecule has 0 N–H and O–H groups in total. The zero-order valence-electron chi connectivity index (χ0n) is 22.7. The van der Waals surface area contributed by atoms with E-state index in [2.05, 4.69) is 50.8 Å². The summed E-state index contributed by atoms with van der Waals surface area (Å²) < 4.78 is 5.57. The highest BCUT2D eigenvalue weighted by molar-refractivity contribution is 7.80. The zero-order chi connectivity index (χ0) is 25.6. The van der Waals surface area contributed by atoms with Crippen molar-refractivity contribution in [3.05, 3.63) is 29.8 Å². The molecule has 0 spiro atoms. The van der Waals surface area contributed by atoms with Crippen LogP contribution in [0.15, 0.2) is 24.3 Å². The number of hydrogen-bond acceptors (Lipinski definition) is 8. The molecule has 3 saturated heterocycles. The Morgan fingerprint density at radius 1 is 0.784 bits per heavy atom. The van der Waals surface area contributed by atoms with Gasteiger partial charge in [-0.15, -0.1) is 0 Å². The Kier molecular flexibility index (Phi) is 8.85. The lowest BCUT2D eigenvalue weighted by Gasteiger charge is -2.38. The van der Waals surface area contributed by atoms with Crippen LogP contribution in [0.4, 0.5) is 23.3 Å². The van der Waals surface area contributed by atoms with Crippen LogP contribution in [0.1, 0.15) is 69.1 Å². The molecule has 0 saturated carbocycles. The summed E-state index contributed by atoms with van der Waals surface area (Å²) in [4.78, 5) is 19.9. The minimum absolute atomic E-state index is 0.225. The van der Waals surface area contributed by atoms with Crippen molar-refractivity contribution in [1.29, 1.82) is 0 Å². The highest BCUT2D eigenvalue weighted by Crippen LogP contribution is 2.37. The summed E-state index contributed by atoms with van der Waals surface area (Å²) in [5.41, 5.74) is 2.59. The second-order valence-electron chi connectivity index (χ2n) is 10.7. The molecule has 4 heterocycles. The van der Waals surface area contributed by atoms with Crippen LogP contribution in [-0.4, -0.2) is 69.4 Å². The van der Waals surface area contributed by atoms with Crippen LogP contribution in [0.2, 0.25) is 0 Å². The smallest absolute Gasteiger partial charge is 0.229 e. The summed E-state index contributed by atoms with van der Waals surface area (Å²) in [5.74, 6) is 4.02. The summed E-state index contributed by atoms with van der Waals surface area (Å²) >= 11 is 5.03. The molecule has 5 rings (SSSR count). The molecule has 0 bridgehead atoms. The Hall–Kier alpha value is -2.35. The van der Waals surface area contributed by atoms with Gasteiger partial charge in [-0.25, -0.2) is 0 Å². The number of benzene rings is 1. The molecule has 1 aromatic carbocycles. The van der Waals surface area contributed by atoms with E-state index in [-0.39, 0.29) is 5.25 Å². The standard InChI is InChI=1S/C29H44N6OS/c1-3-4-5-10-26(37)24-21-23(36-2)11-12-25(24)32-17-19-34(20-18-32)28-22-27(33-13-6-7-14-33)30-29(31-28)35-15-8-9-16-35/h11-12,21-22,26,37H,3-10,13-20H2,1-2H3. The molecule has 8 heteroatoms. The Labute approximate surface area is 228 Å². The number of hydrogen-bond donors (Lipinski definition) is 1. The zero-order valence-corrected chi connectivity index (χ0v) is 23.6. The van der Waals surface area contributed by atoms with Gasteiger partial charge in [-0.1, -0.05) is 26.2 Å². The van der Waals surface area contributed by atoms with E-state index in [9.17, 15) is 0 Å². The molecule has 7 nitrogen and oxygen atoms in total. The van der Waals surface area contributed by atoms with Gasteiger partial charge < -0.3 is 24.3 Å². The van der Waals surface area contributed by atoms with Crippen LogP contribution in [0.25, 0.3) is 0 Å². The van der Waals surface area contributed by atoms with Crippen molar-refractivity contribution in [3.8, 4) is 5.75 Å². The van der Waals surface area contributed by atoms with E-state index < -0.39 is 0 Å². The molecule has 0 radical (unpaired) electrons. The lowest BCUT2D eigenvalue weighted by atomic mass is 10.0. The second-order valence-corrected chi connectivity index (χ2v) is 11.3. The van der Waals surface area contributed by atoms with Crippen molar-refractivity contribution < 1.29 is 4.74 Å². The van der Waals surface area contributed by atoms with E-state index in [4.69, 9.17) is 27.3 Å².